The minimum Gasteiger partial charge on any atom is -0.497 e. The van der Waals surface area contributed by atoms with Gasteiger partial charge in [-0.25, -0.2) is 0 Å². The molecular formula is C16H28ClN2OPSi2. The summed E-state index contributed by atoms with van der Waals surface area (Å²) in [4.78, 5) is 0. The average molecular weight is 387 g/mol. The van der Waals surface area contributed by atoms with Gasteiger partial charge in [0, 0.05) is 7.27 Å². The SMILES string of the molecule is COc1ccc([C@@]2(C)N=NC([Si](C)(C)C)([Si](C)(C)C)[P@@]2Cl)cc1. The second-order valence-electron chi connectivity index (χ2n) is 8.40. The molecule has 23 heavy (non-hydrogen) atoms. The number of nitrogens with zero attached hydrogens (tertiary/aromatic N) is 2. The zero-order chi connectivity index (χ0) is 17.7. The van der Waals surface area contributed by atoms with Crippen LogP contribution in [0.15, 0.2) is 34.5 Å². The zero-order valence-electron chi connectivity index (χ0n) is 15.4. The molecule has 7 heteroatoms. The summed E-state index contributed by atoms with van der Waals surface area (Å²) in [5, 5.41) is 9.38. The van der Waals surface area contributed by atoms with Crippen molar-refractivity contribution in [3.63, 3.8) is 0 Å². The molecular weight excluding hydrogens is 359 g/mol. The molecule has 0 N–H and O–H groups in total. The number of halogens is 1. The summed E-state index contributed by atoms with van der Waals surface area (Å²) < 4.78 is 5.17. The molecule has 0 fully saturated rings. The molecule has 0 unspecified atom stereocenters. The van der Waals surface area contributed by atoms with Crippen LogP contribution in [0.2, 0.25) is 39.3 Å². The van der Waals surface area contributed by atoms with Gasteiger partial charge in [-0.2, -0.15) is 10.2 Å². The molecule has 3 nitrogen and oxygen atoms in total. The lowest BCUT2D eigenvalue weighted by Gasteiger charge is -2.49. The second kappa shape index (κ2) is 5.94. The number of hydrogen-bond acceptors (Lipinski definition) is 3. The van der Waals surface area contributed by atoms with Crippen LogP contribution in [0, 0.1) is 0 Å². The Morgan fingerprint density at radius 2 is 1.43 bits per heavy atom. The van der Waals surface area contributed by atoms with Crippen molar-refractivity contribution in [1.29, 1.82) is 0 Å². The Morgan fingerprint density at radius 1 is 0.957 bits per heavy atom. The molecule has 0 saturated carbocycles. The number of azo groups is 1. The van der Waals surface area contributed by atoms with Crippen LogP contribution in [0.4, 0.5) is 0 Å². The highest BCUT2D eigenvalue weighted by atomic mass is 35.7. The molecule has 128 valence electrons. The molecule has 0 aromatic heterocycles. The quantitative estimate of drug-likeness (QED) is 0.434. The molecule has 0 bridgehead atoms. The Hall–Kier alpha value is -0.226. The van der Waals surface area contributed by atoms with Gasteiger partial charge in [-0.1, -0.05) is 62.7 Å². The Labute approximate surface area is 148 Å². The van der Waals surface area contributed by atoms with Crippen molar-refractivity contribution in [2.24, 2.45) is 10.2 Å². The molecule has 2 rings (SSSR count). The molecule has 1 aliphatic rings. The lowest BCUT2D eigenvalue weighted by molar-refractivity contribution is 0.414. The van der Waals surface area contributed by atoms with Crippen LogP contribution in [0.1, 0.15) is 12.5 Å². The van der Waals surface area contributed by atoms with E-state index in [2.05, 4.69) is 58.3 Å². The topological polar surface area (TPSA) is 34.0 Å². The van der Waals surface area contributed by atoms with E-state index in [1.165, 1.54) is 0 Å². The summed E-state index contributed by atoms with van der Waals surface area (Å²) >= 11 is 7.24. The first-order valence-electron chi connectivity index (χ1n) is 7.95. The van der Waals surface area contributed by atoms with Gasteiger partial charge >= 0.3 is 0 Å². The largest absolute Gasteiger partial charge is 0.497 e. The van der Waals surface area contributed by atoms with E-state index in [1.54, 1.807) is 7.11 Å². The molecule has 1 aromatic rings. The molecule has 0 amide bonds. The molecule has 0 spiro atoms. The number of hydrogen-bond donors (Lipinski definition) is 0. The third kappa shape index (κ3) is 2.84. The van der Waals surface area contributed by atoms with Crippen molar-refractivity contribution in [2.75, 3.05) is 7.11 Å². The van der Waals surface area contributed by atoms with E-state index in [-0.39, 0.29) is 4.53 Å². The van der Waals surface area contributed by atoms with Gasteiger partial charge in [0.15, 0.2) is 0 Å². The summed E-state index contributed by atoms with van der Waals surface area (Å²) in [6, 6.07) is 8.14. The van der Waals surface area contributed by atoms with E-state index in [0.29, 0.717) is 0 Å². The highest BCUT2D eigenvalue weighted by Gasteiger charge is 2.66. The minimum absolute atomic E-state index is 0.106. The predicted molar refractivity (Wildman–Crippen MR) is 107 cm³/mol. The molecule has 1 aromatic carbocycles. The Bertz CT molecular complexity index is 596. The van der Waals surface area contributed by atoms with Gasteiger partial charge in [-0.3, -0.25) is 0 Å². The zero-order valence-corrected chi connectivity index (χ0v) is 19.1. The van der Waals surface area contributed by atoms with E-state index in [4.69, 9.17) is 26.2 Å². The molecule has 0 saturated heterocycles. The lowest BCUT2D eigenvalue weighted by atomic mass is 10.1. The van der Waals surface area contributed by atoms with Gasteiger partial charge in [0.05, 0.1) is 27.8 Å². The maximum atomic E-state index is 7.24. The van der Waals surface area contributed by atoms with E-state index in [9.17, 15) is 0 Å². The van der Waals surface area contributed by atoms with Crippen molar-refractivity contribution in [3.05, 3.63) is 29.8 Å². The summed E-state index contributed by atoms with van der Waals surface area (Å²) in [5.74, 6) is 0.854. The summed E-state index contributed by atoms with van der Waals surface area (Å²) in [6.07, 6.45) is 0. The third-order valence-corrected chi connectivity index (χ3v) is 23.4. The number of methoxy groups -OCH3 is 1. The van der Waals surface area contributed by atoms with E-state index >= 15 is 0 Å². The maximum Gasteiger partial charge on any atom is 0.138 e. The standard InChI is InChI=1S/C16H28ClN2OPSi2/c1-15(13-9-11-14(20-2)12-10-13)18-19-16(21(15)17,22(3,4)5)23(6,7)8/h9-12H,1-8H3/t15-,21-/m0/s1. The molecule has 1 aliphatic heterocycles. The Kier molecular flexibility index (Phi) is 4.93. The molecule has 0 aliphatic carbocycles. The predicted octanol–water partition coefficient (Wildman–Crippen LogP) is 6.42. The monoisotopic (exact) mass is 386 g/mol. The van der Waals surface area contributed by atoms with E-state index < -0.39 is 28.7 Å². The van der Waals surface area contributed by atoms with Crippen LogP contribution in [0.3, 0.4) is 0 Å². The van der Waals surface area contributed by atoms with Crippen molar-refractivity contribution < 1.29 is 4.74 Å². The first-order chi connectivity index (χ1) is 10.4. The van der Waals surface area contributed by atoms with Gasteiger partial charge in [0.2, 0.25) is 0 Å². The highest BCUT2D eigenvalue weighted by molar-refractivity contribution is 7.90. The highest BCUT2D eigenvalue weighted by Crippen LogP contribution is 2.76. The molecule has 1 heterocycles. The lowest BCUT2D eigenvalue weighted by Crippen LogP contribution is -2.62. The van der Waals surface area contributed by atoms with Gasteiger partial charge in [0.1, 0.15) is 11.0 Å². The maximum absolute atomic E-state index is 7.24. The van der Waals surface area contributed by atoms with Crippen LogP contribution in [0.5, 0.6) is 5.75 Å². The molecule has 0 radical (unpaired) electrons. The van der Waals surface area contributed by atoms with Crippen molar-refractivity contribution in [3.8, 4) is 5.75 Å². The van der Waals surface area contributed by atoms with Gasteiger partial charge in [-0.05, 0) is 24.6 Å². The minimum atomic E-state index is -1.64. The number of benzene rings is 1. The van der Waals surface area contributed by atoms with Crippen LogP contribution in [-0.4, -0.2) is 27.8 Å². The Morgan fingerprint density at radius 3 is 1.78 bits per heavy atom. The van der Waals surface area contributed by atoms with Crippen molar-refractivity contribution in [1.82, 2.24) is 0 Å². The first kappa shape index (κ1) is 19.1. The van der Waals surface area contributed by atoms with Crippen molar-refractivity contribution >= 4 is 34.7 Å². The fourth-order valence-corrected chi connectivity index (χ4v) is 25.7. The van der Waals surface area contributed by atoms with Crippen molar-refractivity contribution in [2.45, 2.75) is 56.0 Å². The number of ether oxygens (including phenoxy) is 1. The summed E-state index contributed by atoms with van der Waals surface area (Å²) in [6.45, 7) is 16.5. The molecule has 2 atom stereocenters. The summed E-state index contributed by atoms with van der Waals surface area (Å²) in [7, 11) is -2.50. The van der Waals surface area contributed by atoms with Gasteiger partial charge < -0.3 is 4.74 Å². The normalized spacial score (nSPS) is 27.3. The average Bonchev–Trinajstić information content (AvgIpc) is 2.73. The fraction of sp³-hybridized carbons (Fsp3) is 0.625. The number of rotatable bonds is 4. The van der Waals surface area contributed by atoms with Crippen LogP contribution in [0.25, 0.3) is 0 Å². The second-order valence-corrected chi connectivity index (χ2v) is 23.3. The smallest absolute Gasteiger partial charge is 0.138 e. The Balaban J connectivity index is 2.54. The third-order valence-electron chi connectivity index (χ3n) is 4.78. The van der Waals surface area contributed by atoms with Gasteiger partial charge in [0.25, 0.3) is 0 Å². The van der Waals surface area contributed by atoms with Gasteiger partial charge in [-0.15, -0.1) is 0 Å². The van der Waals surface area contributed by atoms with Crippen LogP contribution >= 0.6 is 18.5 Å². The first-order valence-corrected chi connectivity index (χ1v) is 17.2. The van der Waals surface area contributed by atoms with Crippen LogP contribution in [-0.2, 0) is 5.28 Å². The van der Waals surface area contributed by atoms with E-state index in [0.717, 1.165) is 11.3 Å². The van der Waals surface area contributed by atoms with Crippen LogP contribution < -0.4 is 4.74 Å². The summed E-state index contributed by atoms with van der Waals surface area (Å²) in [5.41, 5.74) is 1.14. The fourth-order valence-electron chi connectivity index (χ4n) is 3.66. The van der Waals surface area contributed by atoms with E-state index in [1.807, 2.05) is 12.1 Å².